The topological polar surface area (TPSA) is 59.8 Å². The number of alkyl halides is 3. The van der Waals surface area contributed by atoms with Gasteiger partial charge in [0, 0.05) is 18.5 Å². The number of esters is 1. The second-order valence-corrected chi connectivity index (χ2v) is 6.47. The minimum atomic E-state index is -4.45. The Morgan fingerprint density at radius 1 is 1.31 bits per heavy atom. The molecular weight excluding hydrogens is 349 g/mol. The Kier molecular flexibility index (Phi) is 6.63. The Labute approximate surface area is 150 Å². The molecule has 0 unspecified atom stereocenters. The number of carbonyl (C=O) groups excluding carboxylic acids is 2. The van der Waals surface area contributed by atoms with Gasteiger partial charge < -0.3 is 15.0 Å². The van der Waals surface area contributed by atoms with Crippen LogP contribution in [-0.4, -0.2) is 37.6 Å². The molecule has 0 radical (unpaired) electrons. The molecule has 1 aliphatic heterocycles. The van der Waals surface area contributed by atoms with Crippen LogP contribution in [0.1, 0.15) is 32.3 Å². The summed E-state index contributed by atoms with van der Waals surface area (Å²) in [4.78, 5) is 25.2. The Bertz CT molecular complexity index is 641. The van der Waals surface area contributed by atoms with Crippen LogP contribution in [0, 0.1) is 5.92 Å². The van der Waals surface area contributed by atoms with Crippen molar-refractivity contribution in [1.82, 2.24) is 0 Å². The molecule has 1 heterocycles. The van der Waals surface area contributed by atoms with Gasteiger partial charge in [0.2, 0.25) is 0 Å². The molecule has 0 saturated carbocycles. The van der Waals surface area contributed by atoms with Crippen LogP contribution in [0.5, 0.6) is 0 Å². The van der Waals surface area contributed by atoms with Gasteiger partial charge in [-0.25, -0.2) is 0 Å². The van der Waals surface area contributed by atoms with E-state index in [4.69, 9.17) is 4.74 Å². The van der Waals surface area contributed by atoms with Crippen LogP contribution < -0.4 is 10.2 Å². The van der Waals surface area contributed by atoms with E-state index in [0.29, 0.717) is 32.5 Å². The minimum Gasteiger partial charge on any atom is -0.466 e. The van der Waals surface area contributed by atoms with Crippen molar-refractivity contribution >= 4 is 17.6 Å². The lowest BCUT2D eigenvalue weighted by molar-refractivity contribution is -0.919. The number of halogens is 3. The summed E-state index contributed by atoms with van der Waals surface area (Å²) in [6, 6.07) is 4.16. The van der Waals surface area contributed by atoms with E-state index in [9.17, 15) is 22.8 Å². The van der Waals surface area contributed by atoms with E-state index < -0.39 is 17.8 Å². The molecule has 2 N–H and O–H groups in total. The lowest BCUT2D eigenvalue weighted by atomic mass is 9.96. The van der Waals surface area contributed by atoms with Crippen LogP contribution >= 0.6 is 0 Å². The molecule has 1 aromatic carbocycles. The summed E-state index contributed by atoms with van der Waals surface area (Å²) in [6.45, 7) is 5.13. The molecule has 1 fully saturated rings. The second kappa shape index (κ2) is 8.53. The summed E-state index contributed by atoms with van der Waals surface area (Å²) < 4.78 is 43.3. The van der Waals surface area contributed by atoms with Gasteiger partial charge in [-0.1, -0.05) is 6.07 Å². The van der Waals surface area contributed by atoms with Gasteiger partial charge in [-0.05, 0) is 32.0 Å². The summed E-state index contributed by atoms with van der Waals surface area (Å²) >= 11 is 0. The standard InChI is InChI=1S/C18H23F3N2O3/c1-3-26-17(25)13-7-9-23(10-8-13)12(2)16(24)22-15-6-4-5-14(11-15)18(19,20)21/h4-6,11-13H,3,7-10H2,1-2H3,(H,22,24)/p+1/t12-/m0/s1. The van der Waals surface area contributed by atoms with Crippen molar-refractivity contribution in [2.24, 2.45) is 5.92 Å². The molecule has 0 aromatic heterocycles. The third-order valence-electron chi connectivity index (χ3n) is 4.71. The smallest absolute Gasteiger partial charge is 0.416 e. The van der Waals surface area contributed by atoms with Crippen LogP contribution in [0.15, 0.2) is 24.3 Å². The maximum absolute atomic E-state index is 12.8. The van der Waals surface area contributed by atoms with Crippen molar-refractivity contribution in [2.45, 2.75) is 38.9 Å². The first kappa shape index (κ1) is 20.2. The highest BCUT2D eigenvalue weighted by Crippen LogP contribution is 2.30. The number of anilines is 1. The number of hydrogen-bond acceptors (Lipinski definition) is 3. The number of nitrogens with one attached hydrogen (secondary N) is 2. The number of likely N-dealkylation sites (tertiary alicyclic amines) is 1. The molecular formula is C18H24F3N2O3+. The summed E-state index contributed by atoms with van der Waals surface area (Å²) in [5, 5.41) is 2.55. The van der Waals surface area contributed by atoms with Gasteiger partial charge in [0.15, 0.2) is 6.04 Å². The summed E-state index contributed by atoms with van der Waals surface area (Å²) in [5.41, 5.74) is -0.678. The first-order chi connectivity index (χ1) is 12.2. The van der Waals surface area contributed by atoms with Gasteiger partial charge in [0.25, 0.3) is 5.91 Å². The number of carbonyl (C=O) groups is 2. The Hall–Kier alpha value is -2.09. The van der Waals surface area contributed by atoms with E-state index in [-0.39, 0.29) is 23.5 Å². The molecule has 0 aliphatic carbocycles. The number of piperidine rings is 1. The van der Waals surface area contributed by atoms with Gasteiger partial charge >= 0.3 is 12.1 Å². The molecule has 1 amide bonds. The van der Waals surface area contributed by atoms with Crippen LogP contribution in [0.3, 0.4) is 0 Å². The molecule has 0 spiro atoms. The first-order valence-electron chi connectivity index (χ1n) is 8.71. The van der Waals surface area contributed by atoms with Gasteiger partial charge in [-0.2, -0.15) is 13.2 Å². The molecule has 1 saturated heterocycles. The lowest BCUT2D eigenvalue weighted by Crippen LogP contribution is -3.17. The average molecular weight is 373 g/mol. The third-order valence-corrected chi connectivity index (χ3v) is 4.71. The highest BCUT2D eigenvalue weighted by Gasteiger charge is 2.34. The van der Waals surface area contributed by atoms with Crippen molar-refractivity contribution in [3.63, 3.8) is 0 Å². The van der Waals surface area contributed by atoms with E-state index >= 15 is 0 Å². The van der Waals surface area contributed by atoms with Gasteiger partial charge in [0.05, 0.1) is 31.2 Å². The quantitative estimate of drug-likeness (QED) is 0.775. The largest absolute Gasteiger partial charge is 0.466 e. The predicted octanol–water partition coefficient (Wildman–Crippen LogP) is 1.89. The van der Waals surface area contributed by atoms with Crippen molar-refractivity contribution in [3.8, 4) is 0 Å². The number of quaternary nitrogens is 1. The molecule has 5 nitrogen and oxygen atoms in total. The highest BCUT2D eigenvalue weighted by atomic mass is 19.4. The summed E-state index contributed by atoms with van der Waals surface area (Å²) in [6.07, 6.45) is -3.18. The maximum atomic E-state index is 12.8. The zero-order valence-electron chi connectivity index (χ0n) is 14.9. The van der Waals surface area contributed by atoms with E-state index in [2.05, 4.69) is 5.32 Å². The molecule has 144 valence electrons. The number of ether oxygens (including phenoxy) is 1. The first-order valence-corrected chi connectivity index (χ1v) is 8.71. The van der Waals surface area contributed by atoms with Gasteiger partial charge in [-0.15, -0.1) is 0 Å². The molecule has 26 heavy (non-hydrogen) atoms. The fourth-order valence-corrected chi connectivity index (χ4v) is 3.13. The Morgan fingerprint density at radius 3 is 2.54 bits per heavy atom. The molecule has 8 heteroatoms. The predicted molar refractivity (Wildman–Crippen MR) is 89.6 cm³/mol. The van der Waals surface area contributed by atoms with Crippen molar-refractivity contribution in [3.05, 3.63) is 29.8 Å². The normalized spacial score (nSPS) is 21.7. The number of hydrogen-bond donors (Lipinski definition) is 2. The molecule has 0 bridgehead atoms. The van der Waals surface area contributed by atoms with E-state index in [1.165, 1.54) is 12.1 Å². The Morgan fingerprint density at radius 2 is 1.96 bits per heavy atom. The lowest BCUT2D eigenvalue weighted by Gasteiger charge is -2.31. The molecule has 2 rings (SSSR count). The Balaban J connectivity index is 1.91. The maximum Gasteiger partial charge on any atom is 0.416 e. The van der Waals surface area contributed by atoms with Gasteiger partial charge in [0.1, 0.15) is 0 Å². The van der Waals surface area contributed by atoms with Gasteiger partial charge in [-0.3, -0.25) is 9.59 Å². The fourth-order valence-electron chi connectivity index (χ4n) is 3.13. The van der Waals surface area contributed by atoms with E-state index in [0.717, 1.165) is 17.0 Å². The van der Waals surface area contributed by atoms with Crippen LogP contribution in [0.2, 0.25) is 0 Å². The fraction of sp³-hybridized carbons (Fsp3) is 0.556. The summed E-state index contributed by atoms with van der Waals surface area (Å²) in [5.74, 6) is -0.682. The summed E-state index contributed by atoms with van der Waals surface area (Å²) in [7, 11) is 0. The van der Waals surface area contributed by atoms with Crippen molar-refractivity contribution in [1.29, 1.82) is 0 Å². The van der Waals surface area contributed by atoms with E-state index in [1.807, 2.05) is 0 Å². The zero-order valence-corrected chi connectivity index (χ0v) is 14.9. The van der Waals surface area contributed by atoms with Crippen LogP contribution in [-0.2, 0) is 20.5 Å². The highest BCUT2D eigenvalue weighted by molar-refractivity contribution is 5.93. The van der Waals surface area contributed by atoms with Crippen LogP contribution in [0.25, 0.3) is 0 Å². The number of amides is 1. The second-order valence-electron chi connectivity index (χ2n) is 6.47. The van der Waals surface area contributed by atoms with E-state index in [1.54, 1.807) is 13.8 Å². The molecule has 1 aromatic rings. The number of rotatable bonds is 5. The monoisotopic (exact) mass is 373 g/mol. The van der Waals surface area contributed by atoms with Crippen LogP contribution in [0.4, 0.5) is 18.9 Å². The molecule has 1 atom stereocenters. The SMILES string of the molecule is CCOC(=O)C1CC[NH+]([C@@H](C)C(=O)Nc2cccc(C(F)(F)F)c2)CC1. The zero-order chi connectivity index (χ0) is 19.3. The average Bonchev–Trinajstić information content (AvgIpc) is 2.61. The minimum absolute atomic E-state index is 0.123. The van der Waals surface area contributed by atoms with Crippen molar-refractivity contribution < 1.29 is 32.4 Å². The van der Waals surface area contributed by atoms with Crippen molar-refractivity contribution in [2.75, 3.05) is 25.0 Å². The molecule has 1 aliphatic rings. The third kappa shape index (κ3) is 5.20. The number of benzene rings is 1.